The molecule has 6 heteroatoms. The molecule has 0 saturated heterocycles. The van der Waals surface area contributed by atoms with Gasteiger partial charge in [-0.15, -0.1) is 0 Å². The number of thiocarbonyl (C=S) groups is 1. The third-order valence-corrected chi connectivity index (χ3v) is 3.29. The molecule has 2 aromatic carbocycles. The van der Waals surface area contributed by atoms with Crippen molar-refractivity contribution in [2.75, 3.05) is 32.7 Å². The molecule has 0 bridgehead atoms. The van der Waals surface area contributed by atoms with Crippen LogP contribution in [0.25, 0.3) is 0 Å². The Bertz CT molecular complexity index is 649. The van der Waals surface area contributed by atoms with E-state index in [1.54, 1.807) is 14.2 Å². The first-order valence-corrected chi connectivity index (χ1v) is 7.58. The molecule has 5 nitrogen and oxygen atoms in total. The van der Waals surface area contributed by atoms with E-state index in [1.165, 1.54) is 0 Å². The highest BCUT2D eigenvalue weighted by Gasteiger charge is 2.03. The number of benzene rings is 2. The summed E-state index contributed by atoms with van der Waals surface area (Å²) in [5, 5.41) is 6.72. The average Bonchev–Trinajstić information content (AvgIpc) is 2.59. The number of ether oxygens (including phenoxy) is 3. The first-order chi connectivity index (χ1) is 11.2. The van der Waals surface area contributed by atoms with Crippen molar-refractivity contribution in [2.24, 2.45) is 0 Å². The highest BCUT2D eigenvalue weighted by molar-refractivity contribution is 7.80. The summed E-state index contributed by atoms with van der Waals surface area (Å²) in [7, 11) is 3.25. The summed E-state index contributed by atoms with van der Waals surface area (Å²) >= 11 is 5.25. The third-order valence-electron chi connectivity index (χ3n) is 3.04. The minimum atomic E-state index is 0.473. The van der Waals surface area contributed by atoms with Gasteiger partial charge in [0.25, 0.3) is 0 Å². The zero-order chi connectivity index (χ0) is 16.5. The maximum absolute atomic E-state index is 5.67. The molecule has 122 valence electrons. The molecule has 2 N–H and O–H groups in total. The van der Waals surface area contributed by atoms with Gasteiger partial charge in [-0.2, -0.15) is 0 Å². The predicted molar refractivity (Wildman–Crippen MR) is 95.7 cm³/mol. The monoisotopic (exact) mass is 332 g/mol. The molecule has 0 aromatic heterocycles. The maximum Gasteiger partial charge on any atom is 0.170 e. The summed E-state index contributed by atoms with van der Waals surface area (Å²) in [5.74, 6) is 2.20. The van der Waals surface area contributed by atoms with E-state index in [-0.39, 0.29) is 0 Å². The Balaban J connectivity index is 1.74. The van der Waals surface area contributed by atoms with Crippen LogP contribution >= 0.6 is 12.2 Å². The smallest absolute Gasteiger partial charge is 0.170 e. The summed E-state index contributed by atoms with van der Waals surface area (Å²) in [4.78, 5) is 0. The molecule has 2 rings (SSSR count). The van der Waals surface area contributed by atoms with Crippen LogP contribution in [0.4, 0.5) is 5.69 Å². The minimum Gasteiger partial charge on any atom is -0.497 e. The van der Waals surface area contributed by atoms with E-state index < -0.39 is 0 Å². The van der Waals surface area contributed by atoms with Crippen LogP contribution in [-0.4, -0.2) is 32.5 Å². The molecule has 0 radical (unpaired) electrons. The highest BCUT2D eigenvalue weighted by atomic mass is 32.1. The highest BCUT2D eigenvalue weighted by Crippen LogP contribution is 2.25. The van der Waals surface area contributed by atoms with Crippen molar-refractivity contribution < 1.29 is 14.2 Å². The standard InChI is InChI=1S/C17H20N2O3S/c1-20-14-7-5-6-13(12-14)19-17(23)18-10-11-22-16-9-4-3-8-15(16)21-2/h3-9,12H,10-11H2,1-2H3,(H2,18,19,23). The van der Waals surface area contributed by atoms with E-state index in [0.717, 1.165) is 11.4 Å². The molecular weight excluding hydrogens is 312 g/mol. The van der Waals surface area contributed by atoms with E-state index in [2.05, 4.69) is 10.6 Å². The van der Waals surface area contributed by atoms with Crippen molar-refractivity contribution in [2.45, 2.75) is 0 Å². The van der Waals surface area contributed by atoms with Crippen LogP contribution in [0, 0.1) is 0 Å². The molecule has 0 heterocycles. The molecule has 0 aliphatic rings. The van der Waals surface area contributed by atoms with E-state index in [1.807, 2.05) is 48.5 Å². The van der Waals surface area contributed by atoms with Gasteiger partial charge in [-0.25, -0.2) is 0 Å². The fourth-order valence-electron chi connectivity index (χ4n) is 1.94. The van der Waals surface area contributed by atoms with Crippen LogP contribution in [-0.2, 0) is 0 Å². The second-order valence-corrected chi connectivity index (χ2v) is 5.02. The molecule has 0 atom stereocenters. The molecule has 2 aromatic rings. The molecule has 0 unspecified atom stereocenters. The summed E-state index contributed by atoms with van der Waals surface area (Å²) in [6, 6.07) is 15.1. The lowest BCUT2D eigenvalue weighted by Gasteiger charge is -2.13. The lowest BCUT2D eigenvalue weighted by atomic mass is 10.3. The summed E-state index contributed by atoms with van der Waals surface area (Å²) in [6.07, 6.45) is 0. The number of para-hydroxylation sites is 2. The van der Waals surface area contributed by atoms with Gasteiger partial charge in [-0.3, -0.25) is 0 Å². The van der Waals surface area contributed by atoms with Crippen molar-refractivity contribution in [3.8, 4) is 17.2 Å². The summed E-state index contributed by atoms with van der Waals surface area (Å²) in [5.41, 5.74) is 0.868. The Labute approximate surface area is 141 Å². The second-order valence-electron chi connectivity index (χ2n) is 4.61. The van der Waals surface area contributed by atoms with Crippen LogP contribution in [0.3, 0.4) is 0 Å². The summed E-state index contributed by atoms with van der Waals surface area (Å²) in [6.45, 7) is 1.05. The van der Waals surface area contributed by atoms with E-state index in [0.29, 0.717) is 29.8 Å². The van der Waals surface area contributed by atoms with Gasteiger partial charge in [-0.1, -0.05) is 18.2 Å². The zero-order valence-electron chi connectivity index (χ0n) is 13.2. The first kappa shape index (κ1) is 16.9. The van der Waals surface area contributed by atoms with Crippen LogP contribution < -0.4 is 24.8 Å². The lowest BCUT2D eigenvalue weighted by Crippen LogP contribution is -2.31. The quantitative estimate of drug-likeness (QED) is 0.600. The van der Waals surface area contributed by atoms with E-state index in [4.69, 9.17) is 26.4 Å². The Morgan fingerprint density at radius 3 is 2.52 bits per heavy atom. The number of hydrogen-bond donors (Lipinski definition) is 2. The van der Waals surface area contributed by atoms with Gasteiger partial charge in [0, 0.05) is 11.8 Å². The second kappa shape index (κ2) is 8.85. The van der Waals surface area contributed by atoms with Gasteiger partial charge in [0.1, 0.15) is 12.4 Å². The number of hydrogen-bond acceptors (Lipinski definition) is 4. The fraction of sp³-hybridized carbons (Fsp3) is 0.235. The third kappa shape index (κ3) is 5.34. The van der Waals surface area contributed by atoms with Crippen LogP contribution in [0.15, 0.2) is 48.5 Å². The van der Waals surface area contributed by atoms with Gasteiger partial charge in [0.2, 0.25) is 0 Å². The normalized spacial score (nSPS) is 9.83. The lowest BCUT2D eigenvalue weighted by molar-refractivity contribution is 0.298. The Morgan fingerprint density at radius 2 is 1.78 bits per heavy atom. The van der Waals surface area contributed by atoms with Gasteiger partial charge < -0.3 is 24.8 Å². The van der Waals surface area contributed by atoms with Gasteiger partial charge in [0.15, 0.2) is 16.6 Å². The number of methoxy groups -OCH3 is 2. The largest absolute Gasteiger partial charge is 0.497 e. The molecular formula is C17H20N2O3S. The van der Waals surface area contributed by atoms with E-state index >= 15 is 0 Å². The van der Waals surface area contributed by atoms with Crippen LogP contribution in [0.5, 0.6) is 17.2 Å². The first-order valence-electron chi connectivity index (χ1n) is 7.17. The van der Waals surface area contributed by atoms with E-state index in [9.17, 15) is 0 Å². The minimum absolute atomic E-state index is 0.473. The predicted octanol–water partition coefficient (Wildman–Crippen LogP) is 3.07. The molecule has 0 saturated carbocycles. The van der Waals surface area contributed by atoms with Gasteiger partial charge >= 0.3 is 0 Å². The fourth-order valence-corrected chi connectivity index (χ4v) is 2.16. The SMILES string of the molecule is COc1cccc(NC(=S)NCCOc2ccccc2OC)c1. The zero-order valence-corrected chi connectivity index (χ0v) is 14.0. The van der Waals surface area contributed by atoms with Crippen molar-refractivity contribution in [3.63, 3.8) is 0 Å². The molecule has 0 fully saturated rings. The Kier molecular flexibility index (Phi) is 6.50. The molecule has 0 aliphatic heterocycles. The van der Waals surface area contributed by atoms with Crippen molar-refractivity contribution in [1.29, 1.82) is 0 Å². The molecule has 0 amide bonds. The molecule has 23 heavy (non-hydrogen) atoms. The van der Waals surface area contributed by atoms with Crippen molar-refractivity contribution in [3.05, 3.63) is 48.5 Å². The Hall–Kier alpha value is -2.47. The van der Waals surface area contributed by atoms with Crippen LogP contribution in [0.1, 0.15) is 0 Å². The molecule has 0 aliphatic carbocycles. The average molecular weight is 332 g/mol. The van der Waals surface area contributed by atoms with Gasteiger partial charge in [0.05, 0.1) is 20.8 Å². The maximum atomic E-state index is 5.67. The van der Waals surface area contributed by atoms with Crippen molar-refractivity contribution in [1.82, 2.24) is 5.32 Å². The number of nitrogens with one attached hydrogen (secondary N) is 2. The number of anilines is 1. The molecule has 0 spiro atoms. The number of rotatable bonds is 7. The van der Waals surface area contributed by atoms with Crippen molar-refractivity contribution >= 4 is 23.0 Å². The van der Waals surface area contributed by atoms with Crippen LogP contribution in [0.2, 0.25) is 0 Å². The van der Waals surface area contributed by atoms with Gasteiger partial charge in [-0.05, 0) is 36.5 Å². The summed E-state index contributed by atoms with van der Waals surface area (Å²) < 4.78 is 16.1. The Morgan fingerprint density at radius 1 is 1.00 bits per heavy atom. The topological polar surface area (TPSA) is 51.8 Å².